The van der Waals surface area contributed by atoms with Crippen LogP contribution in [0.5, 0.6) is 0 Å². The van der Waals surface area contributed by atoms with E-state index in [0.717, 1.165) is 51.7 Å². The summed E-state index contributed by atoms with van der Waals surface area (Å²) in [7, 11) is 4.15. The number of hydrogen-bond acceptors (Lipinski definition) is 3. The maximum absolute atomic E-state index is 12.0. The molecule has 1 aliphatic carbocycles. The van der Waals surface area contributed by atoms with Crippen molar-refractivity contribution in [1.82, 2.24) is 10.2 Å². The first-order valence-electron chi connectivity index (χ1n) is 7.26. The van der Waals surface area contributed by atoms with E-state index >= 15 is 0 Å². The zero-order valence-electron chi connectivity index (χ0n) is 12.0. The lowest BCUT2D eigenvalue weighted by Crippen LogP contribution is -2.35. The maximum Gasteiger partial charge on any atom is 0.223 e. The first-order valence-corrected chi connectivity index (χ1v) is 7.26. The molecule has 1 rings (SSSR count). The van der Waals surface area contributed by atoms with Gasteiger partial charge in [-0.1, -0.05) is 6.42 Å². The van der Waals surface area contributed by atoms with Gasteiger partial charge in [0.2, 0.25) is 5.91 Å². The van der Waals surface area contributed by atoms with E-state index in [2.05, 4.69) is 24.3 Å². The van der Waals surface area contributed by atoms with E-state index in [-0.39, 0.29) is 11.8 Å². The zero-order chi connectivity index (χ0) is 13.4. The Morgan fingerprint density at radius 2 is 2.11 bits per heavy atom. The number of nitrogens with zero attached hydrogens (tertiary/aromatic N) is 1. The van der Waals surface area contributed by atoms with Gasteiger partial charge < -0.3 is 16.0 Å². The largest absolute Gasteiger partial charge is 0.356 e. The minimum absolute atomic E-state index is 0.209. The Balaban J connectivity index is 2.12. The second-order valence-electron chi connectivity index (χ2n) is 5.77. The lowest BCUT2D eigenvalue weighted by Gasteiger charge is -2.27. The molecule has 0 aromatic rings. The molecule has 4 nitrogen and oxygen atoms in total. The fraction of sp³-hybridized carbons (Fsp3) is 0.929. The van der Waals surface area contributed by atoms with Gasteiger partial charge in [0, 0.05) is 12.5 Å². The molecule has 1 aliphatic rings. The highest BCUT2D eigenvalue weighted by Gasteiger charge is 2.25. The van der Waals surface area contributed by atoms with Gasteiger partial charge >= 0.3 is 0 Å². The van der Waals surface area contributed by atoms with Crippen LogP contribution >= 0.6 is 0 Å². The number of nitrogens with two attached hydrogens (primary N) is 1. The Labute approximate surface area is 111 Å². The van der Waals surface area contributed by atoms with Crippen LogP contribution in [0.25, 0.3) is 0 Å². The van der Waals surface area contributed by atoms with Crippen LogP contribution in [0.2, 0.25) is 0 Å². The molecule has 0 bridgehead atoms. The van der Waals surface area contributed by atoms with Crippen LogP contribution in [0, 0.1) is 11.8 Å². The Morgan fingerprint density at radius 3 is 2.78 bits per heavy atom. The van der Waals surface area contributed by atoms with Crippen molar-refractivity contribution in [3.8, 4) is 0 Å². The molecule has 3 N–H and O–H groups in total. The molecule has 0 heterocycles. The van der Waals surface area contributed by atoms with Gasteiger partial charge in [0.25, 0.3) is 0 Å². The standard InChI is InChI=1S/C14H29N3O/c1-17(2)9-4-3-8-16-14(18)13-7-5-6-12(10-13)11-15/h12-13H,3-11,15H2,1-2H3,(H,16,18). The molecule has 1 saturated carbocycles. The monoisotopic (exact) mass is 255 g/mol. The molecular weight excluding hydrogens is 226 g/mol. The van der Waals surface area contributed by atoms with Gasteiger partial charge in [-0.3, -0.25) is 4.79 Å². The van der Waals surface area contributed by atoms with E-state index in [9.17, 15) is 4.79 Å². The average Bonchev–Trinajstić information content (AvgIpc) is 2.37. The summed E-state index contributed by atoms with van der Waals surface area (Å²) in [6.45, 7) is 2.64. The average molecular weight is 255 g/mol. The Kier molecular flexibility index (Phi) is 7.28. The summed E-state index contributed by atoms with van der Waals surface area (Å²) in [5.74, 6) is 1.02. The lowest BCUT2D eigenvalue weighted by atomic mass is 9.81. The van der Waals surface area contributed by atoms with Gasteiger partial charge in [-0.25, -0.2) is 0 Å². The minimum atomic E-state index is 0.209. The number of rotatable bonds is 7. The van der Waals surface area contributed by atoms with Crippen LogP contribution in [0.15, 0.2) is 0 Å². The Hall–Kier alpha value is -0.610. The van der Waals surface area contributed by atoms with Crippen LogP contribution in [0.1, 0.15) is 38.5 Å². The molecule has 2 atom stereocenters. The topological polar surface area (TPSA) is 58.4 Å². The predicted octanol–water partition coefficient (Wildman–Crippen LogP) is 1.21. The smallest absolute Gasteiger partial charge is 0.223 e. The molecule has 0 radical (unpaired) electrons. The quantitative estimate of drug-likeness (QED) is 0.672. The molecule has 0 saturated heterocycles. The molecule has 1 amide bonds. The molecule has 4 heteroatoms. The van der Waals surface area contributed by atoms with Gasteiger partial charge in [-0.15, -0.1) is 0 Å². The summed E-state index contributed by atoms with van der Waals surface area (Å²) >= 11 is 0. The molecular formula is C14H29N3O. The van der Waals surface area contributed by atoms with Gasteiger partial charge in [-0.05, 0) is 65.2 Å². The number of amides is 1. The maximum atomic E-state index is 12.0. The highest BCUT2D eigenvalue weighted by atomic mass is 16.1. The van der Waals surface area contributed by atoms with Crippen LogP contribution < -0.4 is 11.1 Å². The van der Waals surface area contributed by atoms with Crippen LogP contribution in [0.3, 0.4) is 0 Å². The zero-order valence-corrected chi connectivity index (χ0v) is 12.0. The normalized spacial score (nSPS) is 24.2. The summed E-state index contributed by atoms with van der Waals surface area (Å²) < 4.78 is 0. The molecule has 106 valence electrons. The molecule has 0 aliphatic heterocycles. The van der Waals surface area contributed by atoms with E-state index in [0.29, 0.717) is 5.92 Å². The highest BCUT2D eigenvalue weighted by Crippen LogP contribution is 2.28. The molecule has 18 heavy (non-hydrogen) atoms. The summed E-state index contributed by atoms with van der Waals surface area (Å²) in [6, 6.07) is 0. The fourth-order valence-electron chi connectivity index (χ4n) is 2.65. The van der Waals surface area contributed by atoms with Crippen molar-refractivity contribution in [2.24, 2.45) is 17.6 Å². The SMILES string of the molecule is CN(C)CCCCNC(=O)C1CCCC(CN)C1. The third-order valence-electron chi connectivity index (χ3n) is 3.82. The van der Waals surface area contributed by atoms with Crippen molar-refractivity contribution in [1.29, 1.82) is 0 Å². The van der Waals surface area contributed by atoms with Crippen molar-refractivity contribution in [3.05, 3.63) is 0 Å². The molecule has 0 aromatic heterocycles. The van der Waals surface area contributed by atoms with E-state index in [1.54, 1.807) is 0 Å². The molecule has 0 aromatic carbocycles. The summed E-state index contributed by atoms with van der Waals surface area (Å²) in [5, 5.41) is 3.07. The van der Waals surface area contributed by atoms with Crippen molar-refractivity contribution in [3.63, 3.8) is 0 Å². The van der Waals surface area contributed by atoms with Gasteiger partial charge in [-0.2, -0.15) is 0 Å². The van der Waals surface area contributed by atoms with Crippen molar-refractivity contribution >= 4 is 5.91 Å². The first kappa shape index (κ1) is 15.4. The minimum Gasteiger partial charge on any atom is -0.356 e. The van der Waals surface area contributed by atoms with Crippen LogP contribution in [0.4, 0.5) is 0 Å². The van der Waals surface area contributed by atoms with Crippen molar-refractivity contribution < 1.29 is 4.79 Å². The number of hydrogen-bond donors (Lipinski definition) is 2. The second-order valence-corrected chi connectivity index (χ2v) is 5.77. The predicted molar refractivity (Wildman–Crippen MR) is 75.3 cm³/mol. The highest BCUT2D eigenvalue weighted by molar-refractivity contribution is 5.78. The van der Waals surface area contributed by atoms with E-state index in [4.69, 9.17) is 5.73 Å². The second kappa shape index (κ2) is 8.48. The number of unbranched alkanes of at least 4 members (excludes halogenated alkanes) is 1. The molecule has 1 fully saturated rings. The first-order chi connectivity index (χ1) is 8.63. The summed E-state index contributed by atoms with van der Waals surface area (Å²) in [5.41, 5.74) is 5.70. The Bertz CT molecular complexity index is 243. The molecule has 2 unspecified atom stereocenters. The Morgan fingerprint density at radius 1 is 1.33 bits per heavy atom. The van der Waals surface area contributed by atoms with Crippen LogP contribution in [-0.4, -0.2) is 44.5 Å². The fourth-order valence-corrected chi connectivity index (χ4v) is 2.65. The van der Waals surface area contributed by atoms with E-state index in [1.807, 2.05) is 0 Å². The van der Waals surface area contributed by atoms with E-state index < -0.39 is 0 Å². The van der Waals surface area contributed by atoms with Crippen LogP contribution in [-0.2, 0) is 4.79 Å². The number of nitrogens with one attached hydrogen (secondary N) is 1. The van der Waals surface area contributed by atoms with E-state index in [1.165, 1.54) is 6.42 Å². The van der Waals surface area contributed by atoms with Crippen molar-refractivity contribution in [2.75, 3.05) is 33.7 Å². The lowest BCUT2D eigenvalue weighted by molar-refractivity contribution is -0.126. The number of carbonyl (C=O) groups excluding carboxylic acids is 1. The summed E-state index contributed by atoms with van der Waals surface area (Å²) in [6.07, 6.45) is 6.59. The van der Waals surface area contributed by atoms with Crippen molar-refractivity contribution in [2.45, 2.75) is 38.5 Å². The number of carbonyl (C=O) groups is 1. The third kappa shape index (κ3) is 5.83. The summed E-state index contributed by atoms with van der Waals surface area (Å²) in [4.78, 5) is 14.2. The van der Waals surface area contributed by atoms with Gasteiger partial charge in [0.05, 0.1) is 0 Å². The van der Waals surface area contributed by atoms with Gasteiger partial charge in [0.15, 0.2) is 0 Å². The molecule has 0 spiro atoms. The van der Waals surface area contributed by atoms with Gasteiger partial charge in [0.1, 0.15) is 0 Å². The third-order valence-corrected chi connectivity index (χ3v) is 3.82.